The molecule has 0 amide bonds. The van der Waals surface area contributed by atoms with Gasteiger partial charge in [-0.1, -0.05) is 25.1 Å². The predicted octanol–water partition coefficient (Wildman–Crippen LogP) is 3.99. The van der Waals surface area contributed by atoms with Crippen molar-refractivity contribution in [1.29, 1.82) is 0 Å². The van der Waals surface area contributed by atoms with E-state index in [9.17, 15) is 8.94 Å². The van der Waals surface area contributed by atoms with Crippen molar-refractivity contribution in [2.75, 3.05) is 0 Å². The molecule has 20 heavy (non-hydrogen) atoms. The average Bonchev–Trinajstić information content (AvgIpc) is 3.07. The second-order valence-electron chi connectivity index (χ2n) is 6.99. The Kier molecular flexibility index (Phi) is 4.20. The quantitative estimate of drug-likeness (QED) is 0.853. The number of hydrogen-bond acceptors (Lipinski definition) is 2. The second-order valence-corrected chi connectivity index (χ2v) is 8.99. The van der Waals surface area contributed by atoms with Gasteiger partial charge in [-0.2, -0.15) is 0 Å². The first kappa shape index (κ1) is 15.8. The van der Waals surface area contributed by atoms with E-state index in [0.717, 1.165) is 18.4 Å². The highest BCUT2D eigenvalue weighted by Crippen LogP contribution is 2.49. The topological polar surface area (TPSA) is 35.1 Å². The largest absolute Gasteiger partial charge is 0.598 e. The number of halogens is 1. The van der Waals surface area contributed by atoms with Crippen LogP contribution >= 0.6 is 0 Å². The molecule has 1 aliphatic carbocycles. The zero-order chi connectivity index (χ0) is 15.1. The molecule has 2 nitrogen and oxygen atoms in total. The van der Waals surface area contributed by atoms with Crippen LogP contribution in [0.1, 0.15) is 64.6 Å². The number of hydrogen-bond donors (Lipinski definition) is 1. The monoisotopic (exact) mass is 297 g/mol. The van der Waals surface area contributed by atoms with Crippen molar-refractivity contribution in [3.8, 4) is 0 Å². The smallest absolute Gasteiger partial charge is 0.136 e. The van der Waals surface area contributed by atoms with Gasteiger partial charge in [0.1, 0.15) is 10.6 Å². The average molecular weight is 297 g/mol. The first-order valence-electron chi connectivity index (χ1n) is 7.12. The predicted molar refractivity (Wildman–Crippen MR) is 82.4 cm³/mol. The third-order valence-corrected chi connectivity index (χ3v) is 5.67. The summed E-state index contributed by atoms with van der Waals surface area (Å²) >= 11 is -1.20. The van der Waals surface area contributed by atoms with Gasteiger partial charge in [0, 0.05) is 16.9 Å². The van der Waals surface area contributed by atoms with Crippen LogP contribution in [0, 0.1) is 5.82 Å². The lowest BCUT2D eigenvalue weighted by molar-refractivity contribution is 0.516. The van der Waals surface area contributed by atoms with Crippen LogP contribution in [0.3, 0.4) is 0 Å². The van der Waals surface area contributed by atoms with Crippen LogP contribution in [-0.2, 0) is 16.8 Å². The molecular weight excluding hydrogens is 273 g/mol. The molecular formula is C16H24FNOS. The minimum atomic E-state index is -1.20. The minimum Gasteiger partial charge on any atom is -0.598 e. The van der Waals surface area contributed by atoms with Crippen LogP contribution < -0.4 is 4.72 Å². The SMILES string of the molecule is C[C@@H](N[S+]([O-])C(C)(C)C)c1cccc(C2(C)CC2)c1F. The van der Waals surface area contributed by atoms with Gasteiger partial charge >= 0.3 is 0 Å². The maximum atomic E-state index is 14.7. The van der Waals surface area contributed by atoms with Crippen LogP contribution in [-0.4, -0.2) is 9.30 Å². The number of benzene rings is 1. The van der Waals surface area contributed by atoms with Gasteiger partial charge in [0.15, 0.2) is 0 Å². The molecule has 0 heterocycles. The van der Waals surface area contributed by atoms with Crippen LogP contribution in [0.25, 0.3) is 0 Å². The fourth-order valence-corrected chi connectivity index (χ4v) is 3.01. The zero-order valence-corrected chi connectivity index (χ0v) is 13.7. The van der Waals surface area contributed by atoms with Gasteiger partial charge in [-0.25, -0.2) is 4.39 Å². The van der Waals surface area contributed by atoms with Crippen molar-refractivity contribution in [3.05, 3.63) is 35.1 Å². The zero-order valence-electron chi connectivity index (χ0n) is 12.9. The van der Waals surface area contributed by atoms with Gasteiger partial charge in [0.05, 0.1) is 6.04 Å². The summed E-state index contributed by atoms with van der Waals surface area (Å²) in [6.07, 6.45) is 2.09. The fraction of sp³-hybridized carbons (Fsp3) is 0.625. The Bertz CT molecular complexity index is 494. The maximum Gasteiger partial charge on any atom is 0.136 e. The standard InChI is InChI=1S/C16H24FNOS/c1-11(18-20(19)15(2,3)4)12-7-6-8-13(14(12)17)16(5)9-10-16/h6-8,11,18H,9-10H2,1-5H3/t11-,20?/m1/s1. The maximum absolute atomic E-state index is 14.7. The van der Waals surface area contributed by atoms with Crippen molar-refractivity contribution >= 4 is 11.4 Å². The van der Waals surface area contributed by atoms with E-state index >= 15 is 0 Å². The summed E-state index contributed by atoms with van der Waals surface area (Å²) < 4.78 is 29.5. The molecule has 0 bridgehead atoms. The molecule has 112 valence electrons. The molecule has 1 fully saturated rings. The first-order chi connectivity index (χ1) is 9.15. The molecule has 0 aliphatic heterocycles. The van der Waals surface area contributed by atoms with Crippen molar-refractivity contribution in [2.45, 2.75) is 63.7 Å². The molecule has 0 radical (unpaired) electrons. The lowest BCUT2D eigenvalue weighted by atomic mass is 9.94. The Morgan fingerprint density at radius 3 is 2.45 bits per heavy atom. The highest BCUT2D eigenvalue weighted by molar-refractivity contribution is 7.90. The van der Waals surface area contributed by atoms with Crippen molar-refractivity contribution in [2.24, 2.45) is 0 Å². The summed E-state index contributed by atoms with van der Waals surface area (Å²) in [5.41, 5.74) is 1.40. The minimum absolute atomic E-state index is 0.00297. The molecule has 1 aliphatic rings. The summed E-state index contributed by atoms with van der Waals surface area (Å²) in [5.74, 6) is -0.140. The van der Waals surface area contributed by atoms with Crippen LogP contribution in [0.4, 0.5) is 4.39 Å². The van der Waals surface area contributed by atoms with Gasteiger partial charge in [-0.15, -0.1) is 4.72 Å². The van der Waals surface area contributed by atoms with Crippen LogP contribution in [0.15, 0.2) is 18.2 Å². The van der Waals surface area contributed by atoms with Crippen molar-refractivity contribution in [3.63, 3.8) is 0 Å². The van der Waals surface area contributed by atoms with E-state index < -0.39 is 11.4 Å². The van der Waals surface area contributed by atoms with E-state index in [4.69, 9.17) is 0 Å². The van der Waals surface area contributed by atoms with E-state index in [2.05, 4.69) is 11.6 Å². The highest BCUT2D eigenvalue weighted by atomic mass is 32.2. The second kappa shape index (κ2) is 5.32. The Hall–Kier alpha value is -0.580. The Morgan fingerprint density at radius 1 is 1.35 bits per heavy atom. The Morgan fingerprint density at radius 2 is 1.95 bits per heavy atom. The highest BCUT2D eigenvalue weighted by Gasteiger charge is 2.41. The molecule has 2 rings (SSSR count). The molecule has 1 aromatic carbocycles. The first-order valence-corrected chi connectivity index (χ1v) is 8.27. The lowest BCUT2D eigenvalue weighted by Gasteiger charge is -2.27. The third-order valence-electron chi connectivity index (χ3n) is 3.99. The summed E-state index contributed by atoms with van der Waals surface area (Å²) in [5, 5.41) is 0. The summed E-state index contributed by atoms with van der Waals surface area (Å²) in [7, 11) is 0. The molecule has 0 spiro atoms. The number of rotatable bonds is 4. The van der Waals surface area contributed by atoms with Crippen LogP contribution in [0.2, 0.25) is 0 Å². The molecule has 1 saturated carbocycles. The molecule has 0 saturated heterocycles. The van der Waals surface area contributed by atoms with Gasteiger partial charge in [-0.05, 0) is 51.5 Å². The molecule has 1 aromatic rings. The van der Waals surface area contributed by atoms with Gasteiger partial charge < -0.3 is 4.55 Å². The normalized spacial score (nSPS) is 20.6. The van der Waals surface area contributed by atoms with Crippen molar-refractivity contribution < 1.29 is 8.94 Å². The van der Waals surface area contributed by atoms with Gasteiger partial charge in [-0.3, -0.25) is 0 Å². The van der Waals surface area contributed by atoms with Crippen LogP contribution in [0.5, 0.6) is 0 Å². The molecule has 1 N–H and O–H groups in total. The van der Waals surface area contributed by atoms with E-state index in [1.165, 1.54) is 0 Å². The molecule has 2 atom stereocenters. The number of nitrogens with one attached hydrogen (secondary N) is 1. The third kappa shape index (κ3) is 3.18. The molecule has 0 aromatic heterocycles. The van der Waals surface area contributed by atoms with E-state index in [1.54, 1.807) is 6.07 Å². The summed E-state index contributed by atoms with van der Waals surface area (Å²) in [4.78, 5) is 0. The van der Waals surface area contributed by atoms with Gasteiger partial charge in [0.2, 0.25) is 0 Å². The van der Waals surface area contributed by atoms with E-state index in [1.807, 2.05) is 39.8 Å². The van der Waals surface area contributed by atoms with Crippen molar-refractivity contribution in [1.82, 2.24) is 4.72 Å². The lowest BCUT2D eigenvalue weighted by Crippen LogP contribution is -2.40. The van der Waals surface area contributed by atoms with Gasteiger partial charge in [0.25, 0.3) is 0 Å². The van der Waals surface area contributed by atoms with E-state index in [0.29, 0.717) is 5.56 Å². The Balaban J connectivity index is 2.21. The Labute approximate surface area is 124 Å². The van der Waals surface area contributed by atoms with E-state index in [-0.39, 0.29) is 22.0 Å². The summed E-state index contributed by atoms with van der Waals surface area (Å²) in [6.45, 7) is 9.67. The molecule has 4 heteroatoms. The fourth-order valence-electron chi connectivity index (χ4n) is 2.21. The summed E-state index contributed by atoms with van der Waals surface area (Å²) in [6, 6.07) is 5.29. The molecule has 1 unspecified atom stereocenters.